The van der Waals surface area contributed by atoms with E-state index in [-0.39, 0.29) is 0 Å². The Kier molecular flexibility index (Phi) is 3.20. The van der Waals surface area contributed by atoms with Crippen LogP contribution in [0.4, 0.5) is 5.69 Å². The molecule has 0 aliphatic carbocycles. The zero-order valence-electron chi connectivity index (χ0n) is 10.9. The van der Waals surface area contributed by atoms with Crippen molar-refractivity contribution in [2.45, 2.75) is 6.92 Å². The first-order valence-electron chi connectivity index (χ1n) is 6.22. The molecule has 0 aliphatic heterocycles. The summed E-state index contributed by atoms with van der Waals surface area (Å²) < 4.78 is 5.84. The summed E-state index contributed by atoms with van der Waals surface area (Å²) in [6.07, 6.45) is 1.74. The van der Waals surface area contributed by atoms with E-state index in [1.54, 1.807) is 6.20 Å². The number of aryl methyl sites for hydroxylation is 1. The van der Waals surface area contributed by atoms with Crippen molar-refractivity contribution in [2.75, 3.05) is 5.73 Å². The van der Waals surface area contributed by atoms with Gasteiger partial charge in [-0.3, -0.25) is 4.98 Å². The Bertz CT molecular complexity index is 787. The molecule has 0 aliphatic rings. The molecule has 3 aromatic rings. The molecule has 0 saturated carbocycles. The first-order valence-corrected chi connectivity index (χ1v) is 6.60. The molecule has 0 spiro atoms. The average molecular weight is 285 g/mol. The highest BCUT2D eigenvalue weighted by atomic mass is 35.5. The lowest BCUT2D eigenvalue weighted by Crippen LogP contribution is -1.94. The molecule has 2 aromatic carbocycles. The molecule has 1 aromatic heterocycles. The molecule has 4 heteroatoms. The average Bonchev–Trinajstić information content (AvgIpc) is 2.46. The number of hydrogen-bond donors (Lipinski definition) is 1. The number of ether oxygens (including phenoxy) is 1. The monoisotopic (exact) mass is 284 g/mol. The molecule has 100 valence electrons. The second kappa shape index (κ2) is 5.02. The van der Waals surface area contributed by atoms with E-state index in [9.17, 15) is 0 Å². The van der Waals surface area contributed by atoms with E-state index >= 15 is 0 Å². The van der Waals surface area contributed by atoms with Crippen LogP contribution in [0.2, 0.25) is 5.02 Å². The van der Waals surface area contributed by atoms with Gasteiger partial charge in [0.25, 0.3) is 0 Å². The molecule has 0 atom stereocenters. The van der Waals surface area contributed by atoms with Gasteiger partial charge in [-0.15, -0.1) is 0 Å². The van der Waals surface area contributed by atoms with Crippen LogP contribution in [0.15, 0.2) is 48.7 Å². The maximum atomic E-state index is 6.14. The zero-order valence-corrected chi connectivity index (χ0v) is 11.7. The van der Waals surface area contributed by atoms with Crippen LogP contribution in [-0.2, 0) is 0 Å². The lowest BCUT2D eigenvalue weighted by molar-refractivity contribution is 0.485. The van der Waals surface area contributed by atoms with Crippen molar-refractivity contribution in [3.63, 3.8) is 0 Å². The van der Waals surface area contributed by atoms with Crippen molar-refractivity contribution in [2.24, 2.45) is 0 Å². The quantitative estimate of drug-likeness (QED) is 0.701. The Hall–Kier alpha value is -2.26. The Morgan fingerprint density at radius 3 is 2.80 bits per heavy atom. The second-order valence-corrected chi connectivity index (χ2v) is 4.97. The zero-order chi connectivity index (χ0) is 14.1. The Morgan fingerprint density at radius 1 is 1.15 bits per heavy atom. The summed E-state index contributed by atoms with van der Waals surface area (Å²) in [5.74, 6) is 1.33. The fraction of sp³-hybridized carbons (Fsp3) is 0.0625. The third kappa shape index (κ3) is 2.28. The van der Waals surface area contributed by atoms with Gasteiger partial charge in [0.15, 0.2) is 5.75 Å². The van der Waals surface area contributed by atoms with E-state index in [4.69, 9.17) is 22.1 Å². The molecule has 0 fully saturated rings. The summed E-state index contributed by atoms with van der Waals surface area (Å²) in [6, 6.07) is 13.0. The number of aromatic nitrogens is 1. The van der Waals surface area contributed by atoms with E-state index in [2.05, 4.69) is 4.98 Å². The number of nitrogen functional groups attached to an aromatic ring is 1. The van der Waals surface area contributed by atoms with Crippen LogP contribution in [-0.4, -0.2) is 4.98 Å². The summed E-state index contributed by atoms with van der Waals surface area (Å²) >= 11 is 6.00. The smallest absolute Gasteiger partial charge is 0.151 e. The molecule has 2 N–H and O–H groups in total. The summed E-state index contributed by atoms with van der Waals surface area (Å²) in [6.45, 7) is 1.93. The molecule has 3 rings (SSSR count). The third-order valence-electron chi connectivity index (χ3n) is 3.14. The highest BCUT2D eigenvalue weighted by molar-refractivity contribution is 6.31. The van der Waals surface area contributed by atoms with E-state index in [1.807, 2.05) is 49.4 Å². The molecule has 1 heterocycles. The van der Waals surface area contributed by atoms with Crippen LogP contribution in [0.1, 0.15) is 5.56 Å². The van der Waals surface area contributed by atoms with Crippen molar-refractivity contribution in [1.29, 1.82) is 0 Å². The molecule has 3 nitrogen and oxygen atoms in total. The van der Waals surface area contributed by atoms with Crippen LogP contribution < -0.4 is 10.5 Å². The highest BCUT2D eigenvalue weighted by Gasteiger charge is 2.07. The largest absolute Gasteiger partial charge is 0.455 e. The van der Waals surface area contributed by atoms with Gasteiger partial charge in [-0.2, -0.15) is 0 Å². The number of anilines is 1. The van der Waals surface area contributed by atoms with Crippen molar-refractivity contribution in [1.82, 2.24) is 4.98 Å². The third-order valence-corrected chi connectivity index (χ3v) is 3.57. The Labute approximate surface area is 122 Å². The minimum atomic E-state index is 0.586. The first kappa shape index (κ1) is 12.8. The standard InChI is InChI=1S/C16H13ClN2O/c1-10-9-11(4-5-13(10)17)20-15-7-6-14-12(16(15)18)3-2-8-19-14/h2-9H,18H2,1H3. The maximum absolute atomic E-state index is 6.14. The van der Waals surface area contributed by atoms with Crippen molar-refractivity contribution >= 4 is 28.2 Å². The van der Waals surface area contributed by atoms with Crippen LogP contribution in [0.25, 0.3) is 10.9 Å². The van der Waals surface area contributed by atoms with Gasteiger partial charge in [-0.25, -0.2) is 0 Å². The SMILES string of the molecule is Cc1cc(Oc2ccc3ncccc3c2N)ccc1Cl. The van der Waals surface area contributed by atoms with Crippen molar-refractivity contribution in [3.05, 3.63) is 59.2 Å². The normalized spacial score (nSPS) is 10.7. The number of halogens is 1. The number of benzene rings is 2. The lowest BCUT2D eigenvalue weighted by atomic mass is 10.1. The molecule has 0 saturated heterocycles. The molecule has 0 unspecified atom stereocenters. The number of rotatable bonds is 2. The van der Waals surface area contributed by atoms with E-state index in [0.717, 1.165) is 16.5 Å². The van der Waals surface area contributed by atoms with Gasteiger partial charge in [0.05, 0.1) is 11.2 Å². The minimum absolute atomic E-state index is 0.586. The number of nitrogens with zero attached hydrogens (tertiary/aromatic N) is 1. The van der Waals surface area contributed by atoms with E-state index in [0.29, 0.717) is 22.2 Å². The van der Waals surface area contributed by atoms with E-state index in [1.165, 1.54) is 0 Å². The molecular formula is C16H13ClN2O. The molecule has 20 heavy (non-hydrogen) atoms. The van der Waals surface area contributed by atoms with E-state index < -0.39 is 0 Å². The number of fused-ring (bicyclic) bond motifs is 1. The lowest BCUT2D eigenvalue weighted by Gasteiger charge is -2.11. The van der Waals surface area contributed by atoms with Crippen LogP contribution >= 0.6 is 11.6 Å². The summed E-state index contributed by atoms with van der Waals surface area (Å²) in [5, 5.41) is 1.60. The first-order chi connectivity index (χ1) is 9.65. The molecule has 0 amide bonds. The fourth-order valence-corrected chi connectivity index (χ4v) is 2.17. The Balaban J connectivity index is 2.02. The summed E-state index contributed by atoms with van der Waals surface area (Å²) in [4.78, 5) is 4.26. The van der Waals surface area contributed by atoms with Crippen LogP contribution in [0.3, 0.4) is 0 Å². The number of hydrogen-bond acceptors (Lipinski definition) is 3. The molecule has 0 bridgehead atoms. The minimum Gasteiger partial charge on any atom is -0.455 e. The maximum Gasteiger partial charge on any atom is 0.151 e. The topological polar surface area (TPSA) is 48.1 Å². The van der Waals surface area contributed by atoms with Gasteiger partial charge in [-0.1, -0.05) is 11.6 Å². The summed E-state index contributed by atoms with van der Waals surface area (Å²) in [5.41, 5.74) is 8.54. The number of pyridine rings is 1. The van der Waals surface area contributed by atoms with Gasteiger partial charge in [-0.05, 0) is 55.0 Å². The van der Waals surface area contributed by atoms with Gasteiger partial charge < -0.3 is 10.5 Å². The second-order valence-electron chi connectivity index (χ2n) is 4.56. The van der Waals surface area contributed by atoms with Crippen LogP contribution in [0.5, 0.6) is 11.5 Å². The highest BCUT2D eigenvalue weighted by Crippen LogP contribution is 2.33. The number of nitrogens with two attached hydrogens (primary N) is 1. The fourth-order valence-electron chi connectivity index (χ4n) is 2.05. The molecular weight excluding hydrogens is 272 g/mol. The predicted molar refractivity (Wildman–Crippen MR) is 82.4 cm³/mol. The van der Waals surface area contributed by atoms with Crippen molar-refractivity contribution in [3.8, 4) is 11.5 Å². The van der Waals surface area contributed by atoms with Gasteiger partial charge in [0.2, 0.25) is 0 Å². The van der Waals surface area contributed by atoms with Gasteiger partial charge in [0.1, 0.15) is 5.75 Å². The van der Waals surface area contributed by atoms with Gasteiger partial charge in [0, 0.05) is 16.6 Å². The Morgan fingerprint density at radius 2 is 2.00 bits per heavy atom. The molecule has 0 radical (unpaired) electrons. The predicted octanol–water partition coefficient (Wildman–Crippen LogP) is 4.57. The van der Waals surface area contributed by atoms with Gasteiger partial charge >= 0.3 is 0 Å². The van der Waals surface area contributed by atoms with Crippen LogP contribution in [0, 0.1) is 6.92 Å². The van der Waals surface area contributed by atoms with Crippen molar-refractivity contribution < 1.29 is 4.74 Å². The summed E-state index contributed by atoms with van der Waals surface area (Å²) in [7, 11) is 0.